The van der Waals surface area contributed by atoms with E-state index in [4.69, 9.17) is 10.5 Å². The van der Waals surface area contributed by atoms with Gasteiger partial charge < -0.3 is 10.5 Å². The minimum absolute atomic E-state index is 0.0437. The second-order valence-electron chi connectivity index (χ2n) is 3.64. The molecule has 0 bridgehead atoms. The van der Waals surface area contributed by atoms with Crippen molar-refractivity contribution >= 4 is 0 Å². The van der Waals surface area contributed by atoms with Crippen LogP contribution in [-0.2, 0) is 11.3 Å². The summed E-state index contributed by atoms with van der Waals surface area (Å²) in [5, 5.41) is 4.20. The lowest BCUT2D eigenvalue weighted by atomic mass is 10.1. The average Bonchev–Trinajstić information content (AvgIpc) is 2.72. The molecule has 0 radical (unpaired) electrons. The van der Waals surface area contributed by atoms with Crippen LogP contribution in [0.2, 0.25) is 0 Å². The van der Waals surface area contributed by atoms with Crippen LogP contribution in [0.25, 0.3) is 0 Å². The quantitative estimate of drug-likeness (QED) is 0.699. The predicted octanol–water partition coefficient (Wildman–Crippen LogP) is 1.72. The molecule has 0 amide bonds. The maximum Gasteiger partial charge on any atom is 0.0537 e. The summed E-state index contributed by atoms with van der Waals surface area (Å²) in [5.41, 5.74) is 7.11. The third-order valence-electron chi connectivity index (χ3n) is 2.33. The van der Waals surface area contributed by atoms with Crippen LogP contribution >= 0.6 is 0 Å². The first kappa shape index (κ1) is 12.2. The topological polar surface area (TPSA) is 53.1 Å². The molecule has 0 aromatic carbocycles. The number of hydrogen-bond acceptors (Lipinski definition) is 3. The van der Waals surface area contributed by atoms with Gasteiger partial charge in [-0.05, 0) is 19.8 Å². The lowest BCUT2D eigenvalue weighted by Gasteiger charge is -2.09. The molecule has 0 spiro atoms. The summed E-state index contributed by atoms with van der Waals surface area (Å²) >= 11 is 0. The van der Waals surface area contributed by atoms with E-state index in [9.17, 15) is 0 Å². The second kappa shape index (κ2) is 6.58. The Hall–Kier alpha value is -0.870. The van der Waals surface area contributed by atoms with Crippen LogP contribution in [0.4, 0.5) is 0 Å². The molecule has 1 atom stereocenters. The fourth-order valence-electron chi connectivity index (χ4n) is 1.37. The van der Waals surface area contributed by atoms with E-state index in [0.717, 1.165) is 38.2 Å². The van der Waals surface area contributed by atoms with Crippen molar-refractivity contribution in [1.82, 2.24) is 9.78 Å². The fourth-order valence-corrected chi connectivity index (χ4v) is 1.37. The van der Waals surface area contributed by atoms with Gasteiger partial charge in [-0.2, -0.15) is 5.10 Å². The van der Waals surface area contributed by atoms with Crippen molar-refractivity contribution in [1.29, 1.82) is 0 Å². The maximum atomic E-state index is 6.01. The molecule has 1 rings (SSSR count). The molecule has 15 heavy (non-hydrogen) atoms. The van der Waals surface area contributed by atoms with Gasteiger partial charge in [0.2, 0.25) is 0 Å². The molecule has 1 aromatic heterocycles. The third-order valence-corrected chi connectivity index (χ3v) is 2.33. The van der Waals surface area contributed by atoms with Crippen molar-refractivity contribution < 1.29 is 4.74 Å². The van der Waals surface area contributed by atoms with E-state index >= 15 is 0 Å². The SMILES string of the molecule is CCCOCCC(N)c1cnn(CC)c1. The molecule has 1 unspecified atom stereocenters. The highest BCUT2D eigenvalue weighted by Crippen LogP contribution is 2.12. The first-order valence-corrected chi connectivity index (χ1v) is 5.63. The average molecular weight is 211 g/mol. The van der Waals surface area contributed by atoms with Gasteiger partial charge in [-0.15, -0.1) is 0 Å². The Labute approximate surface area is 91.4 Å². The lowest BCUT2D eigenvalue weighted by Crippen LogP contribution is -2.12. The molecule has 0 aliphatic rings. The zero-order valence-electron chi connectivity index (χ0n) is 9.65. The van der Waals surface area contributed by atoms with Gasteiger partial charge in [0.1, 0.15) is 0 Å². The van der Waals surface area contributed by atoms with Crippen molar-refractivity contribution in [3.8, 4) is 0 Å². The standard InChI is InChI=1S/C11H21N3O/c1-3-6-15-7-5-11(12)10-8-13-14(4-2)9-10/h8-9,11H,3-7,12H2,1-2H3. The first-order chi connectivity index (χ1) is 7.27. The Bertz CT molecular complexity index is 273. The second-order valence-corrected chi connectivity index (χ2v) is 3.64. The van der Waals surface area contributed by atoms with Gasteiger partial charge in [0.15, 0.2) is 0 Å². The van der Waals surface area contributed by atoms with Crippen molar-refractivity contribution in [2.24, 2.45) is 5.73 Å². The van der Waals surface area contributed by atoms with Gasteiger partial charge in [-0.1, -0.05) is 6.92 Å². The zero-order valence-corrected chi connectivity index (χ0v) is 9.65. The summed E-state index contributed by atoms with van der Waals surface area (Å²) in [6.45, 7) is 6.60. The minimum atomic E-state index is 0.0437. The summed E-state index contributed by atoms with van der Waals surface area (Å²) in [7, 11) is 0. The number of rotatable bonds is 7. The van der Waals surface area contributed by atoms with Crippen LogP contribution in [0.15, 0.2) is 12.4 Å². The van der Waals surface area contributed by atoms with Gasteiger partial charge in [-0.3, -0.25) is 4.68 Å². The molecule has 0 aliphatic heterocycles. The van der Waals surface area contributed by atoms with Gasteiger partial charge in [0, 0.05) is 37.6 Å². The molecule has 0 saturated heterocycles. The van der Waals surface area contributed by atoms with Gasteiger partial charge in [0.05, 0.1) is 6.20 Å². The minimum Gasteiger partial charge on any atom is -0.381 e. The third kappa shape index (κ3) is 4.01. The smallest absolute Gasteiger partial charge is 0.0537 e. The number of nitrogens with two attached hydrogens (primary N) is 1. The molecule has 0 aliphatic carbocycles. The molecule has 4 nitrogen and oxygen atoms in total. The Balaban J connectivity index is 2.29. The molecule has 1 aromatic rings. The fraction of sp³-hybridized carbons (Fsp3) is 0.727. The normalized spacial score (nSPS) is 13.0. The number of aryl methyl sites for hydroxylation is 1. The van der Waals surface area contributed by atoms with Gasteiger partial charge in [-0.25, -0.2) is 0 Å². The Kier molecular flexibility index (Phi) is 5.36. The maximum absolute atomic E-state index is 6.01. The lowest BCUT2D eigenvalue weighted by molar-refractivity contribution is 0.128. The molecule has 0 fully saturated rings. The zero-order chi connectivity index (χ0) is 11.1. The summed E-state index contributed by atoms with van der Waals surface area (Å²) < 4.78 is 7.29. The first-order valence-electron chi connectivity index (χ1n) is 5.63. The van der Waals surface area contributed by atoms with E-state index in [1.54, 1.807) is 0 Å². The van der Waals surface area contributed by atoms with Crippen LogP contribution in [0.1, 0.15) is 38.3 Å². The van der Waals surface area contributed by atoms with Crippen LogP contribution in [-0.4, -0.2) is 23.0 Å². The molecule has 86 valence electrons. The molecular formula is C11H21N3O. The number of ether oxygens (including phenoxy) is 1. The van der Waals surface area contributed by atoms with Crippen LogP contribution in [0, 0.1) is 0 Å². The van der Waals surface area contributed by atoms with Crippen molar-refractivity contribution in [2.75, 3.05) is 13.2 Å². The van der Waals surface area contributed by atoms with E-state index in [-0.39, 0.29) is 6.04 Å². The molecule has 1 heterocycles. The number of aromatic nitrogens is 2. The monoisotopic (exact) mass is 211 g/mol. The largest absolute Gasteiger partial charge is 0.381 e. The number of nitrogens with zero attached hydrogens (tertiary/aromatic N) is 2. The van der Waals surface area contributed by atoms with Crippen LogP contribution in [0.5, 0.6) is 0 Å². The molecule has 0 saturated carbocycles. The molecular weight excluding hydrogens is 190 g/mol. The summed E-state index contributed by atoms with van der Waals surface area (Å²) in [4.78, 5) is 0. The van der Waals surface area contributed by atoms with Crippen molar-refractivity contribution in [3.05, 3.63) is 18.0 Å². The van der Waals surface area contributed by atoms with E-state index in [1.807, 2.05) is 17.1 Å². The van der Waals surface area contributed by atoms with E-state index < -0.39 is 0 Å². The van der Waals surface area contributed by atoms with Crippen LogP contribution < -0.4 is 5.73 Å². The molecule has 4 heteroatoms. The van der Waals surface area contributed by atoms with Crippen LogP contribution in [0.3, 0.4) is 0 Å². The summed E-state index contributed by atoms with van der Waals surface area (Å²) in [5.74, 6) is 0. The molecule has 2 N–H and O–H groups in total. The number of hydrogen-bond donors (Lipinski definition) is 1. The Morgan fingerprint density at radius 1 is 1.47 bits per heavy atom. The highest BCUT2D eigenvalue weighted by molar-refractivity contribution is 5.09. The van der Waals surface area contributed by atoms with Gasteiger partial charge in [0.25, 0.3) is 0 Å². The summed E-state index contributed by atoms with van der Waals surface area (Å²) in [6, 6.07) is 0.0437. The van der Waals surface area contributed by atoms with Crippen molar-refractivity contribution in [3.63, 3.8) is 0 Å². The van der Waals surface area contributed by atoms with E-state index in [1.165, 1.54) is 0 Å². The van der Waals surface area contributed by atoms with Gasteiger partial charge >= 0.3 is 0 Å². The van der Waals surface area contributed by atoms with E-state index in [0.29, 0.717) is 0 Å². The Morgan fingerprint density at radius 2 is 2.27 bits per heavy atom. The highest BCUT2D eigenvalue weighted by Gasteiger charge is 2.07. The van der Waals surface area contributed by atoms with E-state index in [2.05, 4.69) is 18.9 Å². The van der Waals surface area contributed by atoms with Crippen molar-refractivity contribution in [2.45, 2.75) is 39.3 Å². The summed E-state index contributed by atoms with van der Waals surface area (Å²) in [6.07, 6.45) is 5.76. The highest BCUT2D eigenvalue weighted by atomic mass is 16.5. The Morgan fingerprint density at radius 3 is 2.87 bits per heavy atom. The predicted molar refractivity (Wildman–Crippen MR) is 60.6 cm³/mol.